The van der Waals surface area contributed by atoms with Crippen LogP contribution in [0, 0.1) is 0 Å². The number of oxime groups is 1. The fourth-order valence-electron chi connectivity index (χ4n) is 4.23. The van der Waals surface area contributed by atoms with Gasteiger partial charge in [-0.05, 0) is 67.5 Å². The molecule has 1 atom stereocenters. The van der Waals surface area contributed by atoms with Gasteiger partial charge in [-0.25, -0.2) is 0 Å². The maximum Gasteiger partial charge on any atom is 0.117 e. The molecule has 180 valence electrons. The van der Waals surface area contributed by atoms with Crippen LogP contribution in [0.15, 0.2) is 107 Å². The van der Waals surface area contributed by atoms with E-state index in [0.29, 0.717) is 12.6 Å². The first-order valence-corrected chi connectivity index (χ1v) is 13.6. The van der Waals surface area contributed by atoms with Crippen LogP contribution in [0.1, 0.15) is 36.5 Å². The number of rotatable bonds is 12. The first-order valence-electron chi connectivity index (χ1n) is 12.3. The van der Waals surface area contributed by atoms with Crippen molar-refractivity contribution in [1.82, 2.24) is 5.32 Å². The summed E-state index contributed by atoms with van der Waals surface area (Å²) < 4.78 is 0. The van der Waals surface area contributed by atoms with Gasteiger partial charge in [0, 0.05) is 22.1 Å². The van der Waals surface area contributed by atoms with E-state index in [0.717, 1.165) is 42.6 Å². The number of benzene rings is 4. The second-order valence-corrected chi connectivity index (χ2v) is 9.66. The molecule has 4 heteroatoms. The van der Waals surface area contributed by atoms with Crippen LogP contribution in [-0.4, -0.2) is 31.2 Å². The molecule has 1 unspecified atom stereocenters. The summed E-state index contributed by atoms with van der Waals surface area (Å²) >= 11 is 1.74. The highest BCUT2D eigenvalue weighted by Gasteiger charge is 2.12. The lowest BCUT2D eigenvalue weighted by molar-refractivity contribution is 0.140. The summed E-state index contributed by atoms with van der Waals surface area (Å²) in [6.07, 6.45) is 5.16. The molecule has 0 aliphatic carbocycles. The van der Waals surface area contributed by atoms with E-state index >= 15 is 0 Å². The molecule has 0 saturated carbocycles. The van der Waals surface area contributed by atoms with Gasteiger partial charge in [0.1, 0.15) is 12.3 Å². The lowest BCUT2D eigenvalue weighted by atomic mass is 9.97. The summed E-state index contributed by atoms with van der Waals surface area (Å²) in [4.78, 5) is 7.10. The summed E-state index contributed by atoms with van der Waals surface area (Å²) in [5.74, 6) is 0. The van der Waals surface area contributed by atoms with Crippen molar-refractivity contribution in [3.05, 3.63) is 114 Å². The molecule has 4 rings (SSSR count). The molecule has 3 nitrogen and oxygen atoms in total. The Morgan fingerprint density at radius 1 is 0.857 bits per heavy atom. The third-order valence-corrected chi connectivity index (χ3v) is 6.85. The monoisotopic (exact) mass is 482 g/mol. The first-order chi connectivity index (χ1) is 17.2. The van der Waals surface area contributed by atoms with Crippen LogP contribution < -0.4 is 5.32 Å². The van der Waals surface area contributed by atoms with Gasteiger partial charge in [-0.1, -0.05) is 90.1 Å². The second-order valence-electron chi connectivity index (χ2n) is 8.78. The molecule has 0 radical (unpaired) electrons. The largest absolute Gasteiger partial charge is 0.395 e. The highest BCUT2D eigenvalue weighted by atomic mass is 32.2. The number of fused-ring (bicyclic) bond motifs is 1. The summed E-state index contributed by atoms with van der Waals surface area (Å²) in [6.45, 7) is 3.83. The van der Waals surface area contributed by atoms with Gasteiger partial charge in [0.2, 0.25) is 0 Å². The van der Waals surface area contributed by atoms with E-state index in [9.17, 15) is 0 Å². The topological polar surface area (TPSA) is 33.6 Å². The van der Waals surface area contributed by atoms with E-state index in [2.05, 4.69) is 121 Å². The average Bonchev–Trinajstić information content (AvgIpc) is 2.91. The number of unbranched alkanes of at least 4 members (excludes halogenated alkanes) is 1. The van der Waals surface area contributed by atoms with Gasteiger partial charge in [-0.3, -0.25) is 0 Å². The second kappa shape index (κ2) is 13.1. The summed E-state index contributed by atoms with van der Waals surface area (Å²) in [7, 11) is 0. The number of thioether (sulfide) groups is 1. The minimum absolute atomic E-state index is 0.457. The van der Waals surface area contributed by atoms with E-state index < -0.39 is 0 Å². The van der Waals surface area contributed by atoms with E-state index in [-0.39, 0.29) is 0 Å². The van der Waals surface area contributed by atoms with Crippen LogP contribution >= 0.6 is 11.8 Å². The van der Waals surface area contributed by atoms with Crippen molar-refractivity contribution in [2.45, 2.75) is 37.1 Å². The van der Waals surface area contributed by atoms with Gasteiger partial charge < -0.3 is 10.2 Å². The standard InChI is InChI=1S/C31H34N2OS/c1-24(23-25-11-4-3-5-12-25)32-21-8-9-22-34-33-31(27-17-19-28(35-2)20-18-27)30-16-10-14-26-13-6-7-15-29(26)30/h3-7,10-20,24,32H,8-9,21-23H2,1-2H3. The lowest BCUT2D eigenvalue weighted by Gasteiger charge is -2.14. The van der Waals surface area contributed by atoms with Gasteiger partial charge in [0.25, 0.3) is 0 Å². The zero-order chi connectivity index (χ0) is 24.3. The van der Waals surface area contributed by atoms with Crippen LogP contribution in [0.5, 0.6) is 0 Å². The zero-order valence-corrected chi connectivity index (χ0v) is 21.4. The minimum atomic E-state index is 0.457. The van der Waals surface area contributed by atoms with E-state index in [4.69, 9.17) is 4.84 Å². The van der Waals surface area contributed by atoms with Crippen LogP contribution in [0.4, 0.5) is 0 Å². The molecule has 4 aromatic carbocycles. The summed E-state index contributed by atoms with van der Waals surface area (Å²) in [6, 6.07) is 34.4. The van der Waals surface area contributed by atoms with Crippen molar-refractivity contribution >= 4 is 28.2 Å². The van der Waals surface area contributed by atoms with Crippen LogP contribution in [0.2, 0.25) is 0 Å². The molecule has 0 heterocycles. The molecule has 0 fully saturated rings. The molecule has 1 N–H and O–H groups in total. The van der Waals surface area contributed by atoms with Crippen molar-refractivity contribution in [3.8, 4) is 0 Å². The Morgan fingerprint density at radius 2 is 1.60 bits per heavy atom. The highest BCUT2D eigenvalue weighted by Crippen LogP contribution is 2.24. The lowest BCUT2D eigenvalue weighted by Crippen LogP contribution is -2.29. The van der Waals surface area contributed by atoms with Crippen molar-refractivity contribution in [2.24, 2.45) is 5.16 Å². The van der Waals surface area contributed by atoms with Crippen LogP contribution in [-0.2, 0) is 11.3 Å². The smallest absolute Gasteiger partial charge is 0.117 e. The molecule has 0 saturated heterocycles. The first kappa shape index (κ1) is 25.0. The Kier molecular flexibility index (Phi) is 9.39. The molecule has 0 amide bonds. The van der Waals surface area contributed by atoms with Gasteiger partial charge in [0.15, 0.2) is 0 Å². The predicted octanol–water partition coefficient (Wildman–Crippen LogP) is 7.33. The molecule has 35 heavy (non-hydrogen) atoms. The number of nitrogens with one attached hydrogen (secondary N) is 1. The van der Waals surface area contributed by atoms with Crippen LogP contribution in [0.3, 0.4) is 0 Å². The maximum absolute atomic E-state index is 5.87. The molecule has 0 aliphatic rings. The van der Waals surface area contributed by atoms with E-state index in [1.807, 2.05) is 0 Å². The summed E-state index contributed by atoms with van der Waals surface area (Å²) in [5, 5.41) is 10.7. The fourth-order valence-corrected chi connectivity index (χ4v) is 4.64. The Labute approximate surface area is 213 Å². The van der Waals surface area contributed by atoms with Crippen molar-refractivity contribution in [3.63, 3.8) is 0 Å². The number of hydrogen-bond donors (Lipinski definition) is 1. The Balaban J connectivity index is 1.36. The van der Waals surface area contributed by atoms with Crippen molar-refractivity contribution < 1.29 is 4.84 Å². The number of nitrogens with zero attached hydrogens (tertiary/aromatic N) is 1. The van der Waals surface area contributed by atoms with Gasteiger partial charge in [0.05, 0.1) is 0 Å². The maximum atomic E-state index is 5.87. The van der Waals surface area contributed by atoms with Gasteiger partial charge >= 0.3 is 0 Å². The average molecular weight is 483 g/mol. The molecule has 0 aliphatic heterocycles. The molecule has 0 aromatic heterocycles. The predicted molar refractivity (Wildman–Crippen MR) is 151 cm³/mol. The number of hydrogen-bond acceptors (Lipinski definition) is 4. The SMILES string of the molecule is CSc1ccc(C(=NOCCCCNC(C)Cc2ccccc2)c2cccc3ccccc23)cc1. The van der Waals surface area contributed by atoms with Crippen LogP contribution in [0.25, 0.3) is 10.8 Å². The summed E-state index contributed by atoms with van der Waals surface area (Å²) in [5.41, 5.74) is 4.41. The highest BCUT2D eigenvalue weighted by molar-refractivity contribution is 7.98. The van der Waals surface area contributed by atoms with Gasteiger partial charge in [-0.15, -0.1) is 11.8 Å². The van der Waals surface area contributed by atoms with Gasteiger partial charge in [-0.2, -0.15) is 0 Å². The van der Waals surface area contributed by atoms with Crippen molar-refractivity contribution in [1.29, 1.82) is 0 Å². The zero-order valence-electron chi connectivity index (χ0n) is 20.6. The Morgan fingerprint density at radius 3 is 2.40 bits per heavy atom. The Hall–Kier alpha value is -3.08. The van der Waals surface area contributed by atoms with Crippen molar-refractivity contribution in [2.75, 3.05) is 19.4 Å². The fraction of sp³-hybridized carbons (Fsp3) is 0.258. The molecular formula is C31H34N2OS. The third kappa shape index (κ3) is 7.20. The quantitative estimate of drug-likeness (QED) is 0.0993. The van der Waals surface area contributed by atoms with E-state index in [1.54, 1.807) is 11.8 Å². The Bertz CT molecular complexity index is 1220. The molecule has 0 bridgehead atoms. The minimum Gasteiger partial charge on any atom is -0.395 e. The molecule has 0 spiro atoms. The molecule has 4 aromatic rings. The van der Waals surface area contributed by atoms with E-state index in [1.165, 1.54) is 21.2 Å². The normalized spacial score (nSPS) is 12.6. The third-order valence-electron chi connectivity index (χ3n) is 6.10. The molecular weight excluding hydrogens is 448 g/mol.